The summed E-state index contributed by atoms with van der Waals surface area (Å²) in [6, 6.07) is 21.2. The smallest absolute Gasteiger partial charge is 0.254 e. The number of aromatic amines is 1. The van der Waals surface area contributed by atoms with Crippen molar-refractivity contribution in [3.8, 4) is 0 Å². The molecule has 174 valence electrons. The van der Waals surface area contributed by atoms with Crippen molar-refractivity contribution in [3.05, 3.63) is 95.3 Å². The number of halogens is 1. The molecule has 1 heterocycles. The average molecular weight is 477 g/mol. The minimum atomic E-state index is -0.324. The number of nitrogens with one attached hydrogen (secondary N) is 2. The van der Waals surface area contributed by atoms with E-state index in [1.54, 1.807) is 18.2 Å². The van der Waals surface area contributed by atoms with Crippen molar-refractivity contribution in [3.63, 3.8) is 0 Å². The second-order valence-corrected chi connectivity index (χ2v) is 8.69. The topological polar surface area (TPSA) is 78.1 Å². The molecule has 1 aromatic heterocycles. The van der Waals surface area contributed by atoms with E-state index < -0.39 is 0 Å². The zero-order valence-corrected chi connectivity index (χ0v) is 19.6. The Morgan fingerprint density at radius 2 is 1.76 bits per heavy atom. The first-order valence-corrected chi connectivity index (χ1v) is 12.0. The predicted molar refractivity (Wildman–Crippen MR) is 132 cm³/mol. The lowest BCUT2D eigenvalue weighted by atomic mass is 10.1. The van der Waals surface area contributed by atoms with Gasteiger partial charge in [-0.25, -0.2) is 9.37 Å². The van der Waals surface area contributed by atoms with Gasteiger partial charge < -0.3 is 15.2 Å². The van der Waals surface area contributed by atoms with Gasteiger partial charge in [0.1, 0.15) is 5.82 Å². The normalized spacial score (nSPS) is 10.9. The molecule has 8 heteroatoms. The van der Waals surface area contributed by atoms with Gasteiger partial charge in [-0.1, -0.05) is 54.2 Å². The summed E-state index contributed by atoms with van der Waals surface area (Å²) in [5.74, 6) is -0.223. The molecule has 0 saturated heterocycles. The Bertz CT molecular complexity index is 1260. The zero-order chi connectivity index (χ0) is 23.9. The number of likely N-dealkylation sites (N-methyl/N-ethyl adjacent to an activating group) is 1. The van der Waals surface area contributed by atoms with E-state index in [2.05, 4.69) is 15.3 Å². The summed E-state index contributed by atoms with van der Waals surface area (Å²) in [4.78, 5) is 35.1. The molecular formula is C26H25FN4O2S. The molecular weight excluding hydrogens is 451 g/mol. The fraction of sp³-hybridized carbons (Fsp3) is 0.192. The molecule has 2 N–H and O–H groups in total. The fourth-order valence-electron chi connectivity index (χ4n) is 3.53. The van der Waals surface area contributed by atoms with Gasteiger partial charge in [-0.3, -0.25) is 9.59 Å². The molecule has 0 unspecified atom stereocenters. The summed E-state index contributed by atoms with van der Waals surface area (Å²) in [7, 11) is 0. The SMILES string of the molecule is CCN(CC(=O)NCc1ccc(F)cc1)C(=O)c1ccccc1CSc1nc2ccccc2[nH]1. The Balaban J connectivity index is 1.39. The summed E-state index contributed by atoms with van der Waals surface area (Å²) in [5, 5.41) is 3.58. The van der Waals surface area contributed by atoms with Crippen molar-refractivity contribution in [1.82, 2.24) is 20.2 Å². The summed E-state index contributed by atoms with van der Waals surface area (Å²) < 4.78 is 13.0. The van der Waals surface area contributed by atoms with Gasteiger partial charge in [-0.05, 0) is 48.4 Å². The van der Waals surface area contributed by atoms with E-state index in [1.165, 1.54) is 28.8 Å². The molecule has 0 radical (unpaired) electrons. The summed E-state index contributed by atoms with van der Waals surface area (Å²) in [6.07, 6.45) is 0. The van der Waals surface area contributed by atoms with Gasteiger partial charge in [-0.2, -0.15) is 0 Å². The van der Waals surface area contributed by atoms with Gasteiger partial charge in [0.05, 0.1) is 17.6 Å². The largest absolute Gasteiger partial charge is 0.350 e. The Morgan fingerprint density at radius 3 is 2.53 bits per heavy atom. The van der Waals surface area contributed by atoms with Crippen LogP contribution in [-0.2, 0) is 17.1 Å². The third-order valence-electron chi connectivity index (χ3n) is 5.39. The number of rotatable bonds is 9. The van der Waals surface area contributed by atoms with Crippen molar-refractivity contribution < 1.29 is 14.0 Å². The van der Waals surface area contributed by atoms with Gasteiger partial charge in [0.25, 0.3) is 5.91 Å². The van der Waals surface area contributed by atoms with Crippen LogP contribution in [0, 0.1) is 5.82 Å². The van der Waals surface area contributed by atoms with Crippen LogP contribution in [-0.4, -0.2) is 39.8 Å². The lowest BCUT2D eigenvalue weighted by Crippen LogP contribution is -2.40. The molecule has 0 atom stereocenters. The van der Waals surface area contributed by atoms with Gasteiger partial charge >= 0.3 is 0 Å². The first-order chi connectivity index (χ1) is 16.5. The van der Waals surface area contributed by atoms with Gasteiger partial charge in [-0.15, -0.1) is 0 Å². The first kappa shape index (κ1) is 23.5. The van der Waals surface area contributed by atoms with Crippen LogP contribution in [0.1, 0.15) is 28.4 Å². The van der Waals surface area contributed by atoms with Crippen LogP contribution in [0.5, 0.6) is 0 Å². The van der Waals surface area contributed by atoms with E-state index in [9.17, 15) is 14.0 Å². The van der Waals surface area contributed by atoms with E-state index in [1.807, 2.05) is 49.4 Å². The second-order valence-electron chi connectivity index (χ2n) is 7.73. The van der Waals surface area contributed by atoms with Crippen LogP contribution in [0.2, 0.25) is 0 Å². The predicted octanol–water partition coefficient (Wildman–Crippen LogP) is 4.77. The highest BCUT2D eigenvalue weighted by Crippen LogP contribution is 2.25. The Hall–Kier alpha value is -3.65. The van der Waals surface area contributed by atoms with Crippen LogP contribution in [0.4, 0.5) is 4.39 Å². The van der Waals surface area contributed by atoms with E-state index in [0.717, 1.165) is 27.3 Å². The molecule has 0 spiro atoms. The highest BCUT2D eigenvalue weighted by Gasteiger charge is 2.20. The van der Waals surface area contributed by atoms with E-state index in [0.29, 0.717) is 17.9 Å². The minimum Gasteiger partial charge on any atom is -0.350 e. The molecule has 6 nitrogen and oxygen atoms in total. The lowest BCUT2D eigenvalue weighted by molar-refractivity contribution is -0.121. The van der Waals surface area contributed by atoms with Crippen LogP contribution in [0.25, 0.3) is 11.0 Å². The van der Waals surface area contributed by atoms with Crippen molar-refractivity contribution in [2.45, 2.75) is 24.4 Å². The average Bonchev–Trinajstić information content (AvgIpc) is 3.28. The van der Waals surface area contributed by atoms with Crippen molar-refractivity contribution >= 4 is 34.6 Å². The molecule has 0 aliphatic heterocycles. The summed E-state index contributed by atoms with van der Waals surface area (Å²) in [6.45, 7) is 2.46. The maximum atomic E-state index is 13.3. The number of amides is 2. The molecule has 0 saturated carbocycles. The number of fused-ring (bicyclic) bond motifs is 1. The van der Waals surface area contributed by atoms with Crippen LogP contribution in [0.15, 0.2) is 78.0 Å². The minimum absolute atomic E-state index is 0.0540. The highest BCUT2D eigenvalue weighted by molar-refractivity contribution is 7.98. The quantitative estimate of drug-likeness (QED) is 0.341. The number of hydrogen-bond donors (Lipinski definition) is 2. The van der Waals surface area contributed by atoms with Crippen LogP contribution >= 0.6 is 11.8 Å². The number of thioether (sulfide) groups is 1. The molecule has 0 bridgehead atoms. The van der Waals surface area contributed by atoms with Crippen LogP contribution < -0.4 is 5.32 Å². The van der Waals surface area contributed by atoms with E-state index in [4.69, 9.17) is 0 Å². The second kappa shape index (κ2) is 11.0. The summed E-state index contributed by atoms with van der Waals surface area (Å²) >= 11 is 1.53. The molecule has 3 aromatic carbocycles. The standard InChI is InChI=1S/C26H25FN4O2S/c1-2-31(16-24(32)28-15-18-11-13-20(27)14-12-18)25(33)21-8-4-3-7-19(21)17-34-26-29-22-9-5-6-10-23(22)30-26/h3-14H,2,15-17H2,1H3,(H,28,32)(H,29,30). The van der Waals surface area contributed by atoms with Gasteiger partial charge in [0.15, 0.2) is 5.16 Å². The third-order valence-corrected chi connectivity index (χ3v) is 6.31. The number of para-hydroxylation sites is 2. The molecule has 4 rings (SSSR count). The number of carbonyl (C=O) groups excluding carboxylic acids is 2. The maximum Gasteiger partial charge on any atom is 0.254 e. The van der Waals surface area contributed by atoms with Gasteiger partial charge in [0, 0.05) is 24.4 Å². The number of imidazole rings is 1. The van der Waals surface area contributed by atoms with E-state index >= 15 is 0 Å². The van der Waals surface area contributed by atoms with E-state index in [-0.39, 0.29) is 30.7 Å². The fourth-order valence-corrected chi connectivity index (χ4v) is 4.42. The molecule has 4 aromatic rings. The highest BCUT2D eigenvalue weighted by atomic mass is 32.2. The van der Waals surface area contributed by atoms with Crippen molar-refractivity contribution in [2.24, 2.45) is 0 Å². The zero-order valence-electron chi connectivity index (χ0n) is 18.8. The monoisotopic (exact) mass is 476 g/mol. The molecule has 0 aliphatic rings. The molecule has 0 fully saturated rings. The molecule has 0 aliphatic carbocycles. The number of aromatic nitrogens is 2. The number of hydrogen-bond acceptors (Lipinski definition) is 4. The summed E-state index contributed by atoms with van der Waals surface area (Å²) in [5.41, 5.74) is 4.11. The first-order valence-electron chi connectivity index (χ1n) is 11.0. The Labute approximate surface area is 201 Å². The van der Waals surface area contributed by atoms with Crippen molar-refractivity contribution in [1.29, 1.82) is 0 Å². The maximum absolute atomic E-state index is 13.3. The van der Waals surface area contributed by atoms with Crippen LogP contribution in [0.3, 0.4) is 0 Å². The van der Waals surface area contributed by atoms with Crippen molar-refractivity contribution in [2.75, 3.05) is 13.1 Å². The molecule has 2 amide bonds. The number of H-pyrrole nitrogens is 1. The number of nitrogens with zero attached hydrogens (tertiary/aromatic N) is 2. The van der Waals surface area contributed by atoms with Gasteiger partial charge in [0.2, 0.25) is 5.91 Å². The molecule has 34 heavy (non-hydrogen) atoms. The number of benzene rings is 3. The Morgan fingerprint density at radius 1 is 1.03 bits per heavy atom. The Kier molecular flexibility index (Phi) is 7.59. The number of carbonyl (C=O) groups is 2. The third kappa shape index (κ3) is 5.82. The lowest BCUT2D eigenvalue weighted by Gasteiger charge is -2.22.